The van der Waals surface area contributed by atoms with Crippen molar-refractivity contribution in [3.8, 4) is 0 Å². The van der Waals surface area contributed by atoms with Gasteiger partial charge in [-0.15, -0.1) is 0 Å². The number of para-hydroxylation sites is 1. The largest absolute Gasteiger partial charge is 0.460 e. The number of Topliss-reactive ketones (excluding diaryl/α,β-unsaturated/α-hetero) is 1. The molecule has 0 aliphatic heterocycles. The molecule has 0 fully saturated rings. The number of hydrogen-bond acceptors (Lipinski definition) is 7. The minimum atomic E-state index is -4.41. The number of nitro groups is 1. The normalized spacial score (nSPS) is 13.7. The molecule has 0 saturated heterocycles. The molecule has 0 unspecified atom stereocenters. The van der Waals surface area contributed by atoms with Gasteiger partial charge in [0.15, 0.2) is 10.7 Å². The lowest BCUT2D eigenvalue weighted by atomic mass is 9.92. The average Bonchev–Trinajstić information content (AvgIpc) is 2.74. The molecule has 0 amide bonds. The Bertz CT molecular complexity index is 1220. The van der Waals surface area contributed by atoms with Crippen LogP contribution in [-0.2, 0) is 30.8 Å². The number of esters is 1. The maximum Gasteiger partial charge on any atom is 0.310 e. The van der Waals surface area contributed by atoms with Gasteiger partial charge < -0.3 is 4.74 Å². The summed E-state index contributed by atoms with van der Waals surface area (Å²) in [5, 5.41) is 11.2. The predicted molar refractivity (Wildman–Crippen MR) is 127 cm³/mol. The summed E-state index contributed by atoms with van der Waals surface area (Å²) in [6.45, 7) is 7.88. The van der Waals surface area contributed by atoms with Crippen LogP contribution in [0.1, 0.15) is 45.2 Å². The predicted octanol–water partition coefficient (Wildman–Crippen LogP) is 3.87. The molecule has 2 rings (SSSR count). The van der Waals surface area contributed by atoms with E-state index >= 15 is 0 Å². The van der Waals surface area contributed by atoms with Crippen molar-refractivity contribution in [1.29, 1.82) is 0 Å². The summed E-state index contributed by atoms with van der Waals surface area (Å²) < 4.78 is 47.1. The first-order chi connectivity index (χ1) is 16.1. The van der Waals surface area contributed by atoms with Gasteiger partial charge in [-0.25, -0.2) is 17.5 Å². The number of halogens is 1. The molecule has 0 aliphatic rings. The van der Waals surface area contributed by atoms with Crippen molar-refractivity contribution < 1.29 is 32.1 Å². The number of aryl methyl sites for hydroxylation is 1. The van der Waals surface area contributed by atoms with Crippen LogP contribution in [0.2, 0.25) is 0 Å². The van der Waals surface area contributed by atoms with Crippen molar-refractivity contribution in [3.05, 3.63) is 69.5 Å². The molecule has 35 heavy (non-hydrogen) atoms. The SMILES string of the molecule is Cc1ccc(C[C@H](CC(=O)[C@H](C)NS(=O)(=O)c2ccccc2[N+](=O)[O-])C(=O)OC(C)(C)C)cc1F. The molecule has 2 aromatic carbocycles. The van der Waals surface area contributed by atoms with Crippen LogP contribution in [0.5, 0.6) is 0 Å². The average molecular weight is 509 g/mol. The summed E-state index contributed by atoms with van der Waals surface area (Å²) in [6, 6.07) is 7.94. The van der Waals surface area contributed by atoms with Gasteiger partial charge in [-0.05, 0) is 64.3 Å². The van der Waals surface area contributed by atoms with Gasteiger partial charge in [0, 0.05) is 12.5 Å². The number of carbonyl (C=O) groups excluding carboxylic acids is 2. The van der Waals surface area contributed by atoms with E-state index in [1.165, 1.54) is 25.1 Å². The van der Waals surface area contributed by atoms with Crippen LogP contribution >= 0.6 is 0 Å². The van der Waals surface area contributed by atoms with Gasteiger partial charge in [-0.1, -0.05) is 24.3 Å². The lowest BCUT2D eigenvalue weighted by Gasteiger charge is -2.24. The van der Waals surface area contributed by atoms with E-state index in [1.54, 1.807) is 39.8 Å². The van der Waals surface area contributed by atoms with E-state index in [2.05, 4.69) is 4.72 Å². The van der Waals surface area contributed by atoms with E-state index in [9.17, 15) is 32.5 Å². The Morgan fingerprint density at radius 1 is 1.17 bits per heavy atom. The third-order valence-electron chi connectivity index (χ3n) is 5.07. The molecule has 9 nitrogen and oxygen atoms in total. The minimum absolute atomic E-state index is 0.00147. The number of nitro benzene ring substituents is 1. The maximum atomic E-state index is 14.0. The molecule has 2 aromatic rings. The molecule has 0 heterocycles. The quantitative estimate of drug-likeness (QED) is 0.293. The molecule has 11 heteroatoms. The van der Waals surface area contributed by atoms with E-state index in [1.807, 2.05) is 0 Å². The third kappa shape index (κ3) is 7.93. The Balaban J connectivity index is 2.25. The molecule has 0 saturated carbocycles. The van der Waals surface area contributed by atoms with E-state index in [0.29, 0.717) is 11.1 Å². The number of nitrogens with zero attached hydrogens (tertiary/aromatic N) is 1. The minimum Gasteiger partial charge on any atom is -0.460 e. The second-order valence-corrected chi connectivity index (χ2v) is 10.9. The Morgan fingerprint density at radius 2 is 1.80 bits per heavy atom. The zero-order valence-electron chi connectivity index (χ0n) is 20.2. The standard InChI is InChI=1S/C24H29FN2O7S/c1-15-10-11-17(13-19(15)25)12-18(23(29)34-24(3,4)5)14-21(28)16(2)26-35(32,33)22-9-7-6-8-20(22)27(30)31/h6-11,13,16,18,26H,12,14H2,1-5H3/t16-,18+/m0/s1. The highest BCUT2D eigenvalue weighted by atomic mass is 32.2. The van der Waals surface area contributed by atoms with Crippen LogP contribution in [0.15, 0.2) is 47.4 Å². The van der Waals surface area contributed by atoms with Gasteiger partial charge in [-0.2, -0.15) is 0 Å². The van der Waals surface area contributed by atoms with Crippen LogP contribution in [0.4, 0.5) is 10.1 Å². The smallest absolute Gasteiger partial charge is 0.310 e. The first kappa shape index (κ1) is 28.1. The van der Waals surface area contributed by atoms with Gasteiger partial charge in [0.25, 0.3) is 5.69 Å². The van der Waals surface area contributed by atoms with Crippen LogP contribution in [-0.4, -0.2) is 36.7 Å². The fourth-order valence-corrected chi connectivity index (χ4v) is 4.69. The summed E-state index contributed by atoms with van der Waals surface area (Å²) in [7, 11) is -4.41. The van der Waals surface area contributed by atoms with Crippen molar-refractivity contribution in [2.45, 2.75) is 64.0 Å². The highest BCUT2D eigenvalue weighted by Gasteiger charge is 2.32. The van der Waals surface area contributed by atoms with E-state index in [0.717, 1.165) is 12.1 Å². The van der Waals surface area contributed by atoms with E-state index in [4.69, 9.17) is 4.74 Å². The lowest BCUT2D eigenvalue weighted by molar-refractivity contribution is -0.387. The molecular formula is C24H29FN2O7S. The highest BCUT2D eigenvalue weighted by molar-refractivity contribution is 7.89. The number of sulfonamides is 1. The molecule has 0 spiro atoms. The number of carbonyl (C=O) groups is 2. The van der Waals surface area contributed by atoms with Crippen molar-refractivity contribution in [2.75, 3.05) is 0 Å². The summed E-state index contributed by atoms with van der Waals surface area (Å²) in [6.07, 6.45) is -0.382. The van der Waals surface area contributed by atoms with Crippen LogP contribution in [0.25, 0.3) is 0 Å². The fourth-order valence-electron chi connectivity index (χ4n) is 3.29. The van der Waals surface area contributed by atoms with Crippen molar-refractivity contribution >= 4 is 27.5 Å². The first-order valence-corrected chi connectivity index (χ1v) is 12.4. The van der Waals surface area contributed by atoms with Gasteiger partial charge in [0.1, 0.15) is 11.4 Å². The Kier molecular flexibility index (Phi) is 8.85. The number of ketones is 1. The number of hydrogen-bond donors (Lipinski definition) is 1. The Hall–Kier alpha value is -3.18. The fraction of sp³-hybridized carbons (Fsp3) is 0.417. The number of benzene rings is 2. The van der Waals surface area contributed by atoms with Gasteiger partial charge in [0.05, 0.1) is 16.9 Å². The van der Waals surface area contributed by atoms with Crippen molar-refractivity contribution in [2.24, 2.45) is 5.92 Å². The number of rotatable bonds is 10. The summed E-state index contributed by atoms with van der Waals surface area (Å²) in [5.41, 5.74) is -0.564. The summed E-state index contributed by atoms with van der Waals surface area (Å²) in [4.78, 5) is 35.5. The monoisotopic (exact) mass is 508 g/mol. The van der Waals surface area contributed by atoms with Crippen molar-refractivity contribution in [1.82, 2.24) is 4.72 Å². The zero-order valence-corrected chi connectivity index (χ0v) is 21.0. The van der Waals surface area contributed by atoms with Crippen LogP contribution in [0, 0.1) is 28.8 Å². The van der Waals surface area contributed by atoms with Gasteiger partial charge >= 0.3 is 5.97 Å². The second-order valence-electron chi connectivity index (χ2n) is 9.26. The number of nitrogens with one attached hydrogen (secondary N) is 1. The molecule has 1 N–H and O–H groups in total. The second kappa shape index (κ2) is 11.0. The van der Waals surface area contributed by atoms with Crippen LogP contribution in [0.3, 0.4) is 0 Å². The number of ether oxygens (including phenoxy) is 1. The topological polar surface area (TPSA) is 133 Å². The maximum absolute atomic E-state index is 14.0. The lowest BCUT2D eigenvalue weighted by Crippen LogP contribution is -2.40. The van der Waals surface area contributed by atoms with Gasteiger partial charge in [-0.3, -0.25) is 19.7 Å². The highest BCUT2D eigenvalue weighted by Crippen LogP contribution is 2.24. The third-order valence-corrected chi connectivity index (χ3v) is 6.66. The molecule has 0 aromatic heterocycles. The molecular weight excluding hydrogens is 479 g/mol. The molecule has 0 aliphatic carbocycles. The van der Waals surface area contributed by atoms with Crippen molar-refractivity contribution in [3.63, 3.8) is 0 Å². The molecule has 190 valence electrons. The van der Waals surface area contributed by atoms with E-state index < -0.39 is 60.7 Å². The Morgan fingerprint density at radius 3 is 2.37 bits per heavy atom. The summed E-state index contributed by atoms with van der Waals surface area (Å²) in [5.74, 6) is -2.76. The van der Waals surface area contributed by atoms with Gasteiger partial charge in [0.2, 0.25) is 10.0 Å². The Labute approximate surface area is 203 Å². The molecule has 2 atom stereocenters. The summed E-state index contributed by atoms with van der Waals surface area (Å²) >= 11 is 0. The first-order valence-electron chi connectivity index (χ1n) is 10.9. The molecule has 0 bridgehead atoms. The zero-order chi connectivity index (χ0) is 26.6. The molecule has 0 radical (unpaired) electrons. The van der Waals surface area contributed by atoms with E-state index in [-0.39, 0.29) is 12.8 Å². The van der Waals surface area contributed by atoms with Crippen LogP contribution < -0.4 is 4.72 Å².